The Morgan fingerprint density at radius 1 is 1.29 bits per heavy atom. The third kappa shape index (κ3) is 3.67. The van der Waals surface area contributed by atoms with Crippen molar-refractivity contribution in [1.82, 2.24) is 0 Å². The summed E-state index contributed by atoms with van der Waals surface area (Å²) in [4.78, 5) is 12.3. The predicted molar refractivity (Wildman–Crippen MR) is 85.9 cm³/mol. The Morgan fingerprint density at radius 2 is 2.05 bits per heavy atom. The Bertz CT molecular complexity index is 658. The highest BCUT2D eigenvalue weighted by Gasteiger charge is 2.17. The van der Waals surface area contributed by atoms with Crippen LogP contribution >= 0.6 is 11.6 Å². The monoisotopic (exact) mass is 304 g/mol. The standard InChI is InChI=1S/C16H17ClN2O2/c1-10(11-4-3-5-12(18)8-11)16(20)19-15-9-13(21-2)6-7-14(15)17/h3-10H,18H2,1-2H3,(H,19,20). The van der Waals surface area contributed by atoms with Gasteiger partial charge in [-0.05, 0) is 36.8 Å². The first kappa shape index (κ1) is 15.2. The molecule has 110 valence electrons. The van der Waals surface area contributed by atoms with E-state index in [2.05, 4.69) is 5.32 Å². The van der Waals surface area contributed by atoms with E-state index in [9.17, 15) is 4.79 Å². The van der Waals surface area contributed by atoms with Crippen LogP contribution in [0.3, 0.4) is 0 Å². The lowest BCUT2D eigenvalue weighted by molar-refractivity contribution is -0.117. The summed E-state index contributed by atoms with van der Waals surface area (Å²) < 4.78 is 5.13. The van der Waals surface area contributed by atoms with Gasteiger partial charge in [0, 0.05) is 11.8 Å². The number of benzene rings is 2. The van der Waals surface area contributed by atoms with Gasteiger partial charge in [0.05, 0.1) is 23.7 Å². The fourth-order valence-electron chi connectivity index (χ4n) is 1.95. The van der Waals surface area contributed by atoms with Crippen molar-refractivity contribution in [2.45, 2.75) is 12.8 Å². The number of rotatable bonds is 4. The van der Waals surface area contributed by atoms with Gasteiger partial charge in [-0.2, -0.15) is 0 Å². The van der Waals surface area contributed by atoms with Crippen LogP contribution < -0.4 is 15.8 Å². The molecule has 0 spiro atoms. The highest BCUT2D eigenvalue weighted by molar-refractivity contribution is 6.33. The quantitative estimate of drug-likeness (QED) is 0.847. The Labute approximate surface area is 128 Å². The van der Waals surface area contributed by atoms with E-state index in [1.807, 2.05) is 19.1 Å². The highest BCUT2D eigenvalue weighted by atomic mass is 35.5. The fourth-order valence-corrected chi connectivity index (χ4v) is 2.11. The number of hydrogen-bond acceptors (Lipinski definition) is 3. The number of nitrogens with one attached hydrogen (secondary N) is 1. The number of ether oxygens (including phenoxy) is 1. The molecule has 0 aliphatic carbocycles. The van der Waals surface area contributed by atoms with Gasteiger partial charge in [0.15, 0.2) is 0 Å². The molecule has 1 atom stereocenters. The average molecular weight is 305 g/mol. The number of anilines is 2. The molecule has 3 N–H and O–H groups in total. The van der Waals surface area contributed by atoms with Crippen LogP contribution in [0.5, 0.6) is 5.75 Å². The zero-order chi connectivity index (χ0) is 15.4. The van der Waals surface area contributed by atoms with Crippen molar-refractivity contribution < 1.29 is 9.53 Å². The molecule has 0 saturated carbocycles. The lowest BCUT2D eigenvalue weighted by atomic mass is 10.00. The van der Waals surface area contributed by atoms with E-state index >= 15 is 0 Å². The van der Waals surface area contributed by atoms with E-state index in [4.69, 9.17) is 22.1 Å². The molecule has 4 nitrogen and oxygen atoms in total. The maximum absolute atomic E-state index is 12.3. The number of hydrogen-bond donors (Lipinski definition) is 2. The van der Waals surface area contributed by atoms with Crippen molar-refractivity contribution in [2.24, 2.45) is 0 Å². The molecule has 0 radical (unpaired) electrons. The molecule has 0 aromatic heterocycles. The van der Waals surface area contributed by atoms with Gasteiger partial charge >= 0.3 is 0 Å². The molecule has 2 rings (SSSR count). The SMILES string of the molecule is COc1ccc(Cl)c(NC(=O)C(C)c2cccc(N)c2)c1. The van der Waals surface area contributed by atoms with Crippen LogP contribution in [0.1, 0.15) is 18.4 Å². The van der Waals surface area contributed by atoms with E-state index < -0.39 is 0 Å². The van der Waals surface area contributed by atoms with Crippen LogP contribution in [0.25, 0.3) is 0 Å². The summed E-state index contributed by atoms with van der Waals surface area (Å²) in [6.45, 7) is 1.82. The van der Waals surface area contributed by atoms with Crippen molar-refractivity contribution in [3.63, 3.8) is 0 Å². The maximum atomic E-state index is 12.3. The molecule has 0 bridgehead atoms. The Balaban J connectivity index is 2.18. The van der Waals surface area contributed by atoms with Gasteiger partial charge in [-0.3, -0.25) is 4.79 Å². The number of halogens is 1. The number of amides is 1. The number of carbonyl (C=O) groups is 1. The van der Waals surface area contributed by atoms with Gasteiger partial charge in [0.25, 0.3) is 0 Å². The van der Waals surface area contributed by atoms with E-state index in [1.165, 1.54) is 0 Å². The number of methoxy groups -OCH3 is 1. The summed E-state index contributed by atoms with van der Waals surface area (Å²) in [5.41, 5.74) is 7.75. The highest BCUT2D eigenvalue weighted by Crippen LogP contribution is 2.28. The van der Waals surface area contributed by atoms with Crippen LogP contribution in [0, 0.1) is 0 Å². The second-order valence-corrected chi connectivity index (χ2v) is 5.13. The molecule has 0 aliphatic heterocycles. The summed E-state index contributed by atoms with van der Waals surface area (Å²) >= 11 is 6.08. The van der Waals surface area contributed by atoms with Gasteiger partial charge in [0.2, 0.25) is 5.91 Å². The molecule has 0 aliphatic rings. The second-order valence-electron chi connectivity index (χ2n) is 4.73. The summed E-state index contributed by atoms with van der Waals surface area (Å²) in [6, 6.07) is 12.4. The van der Waals surface area contributed by atoms with Gasteiger partial charge in [0.1, 0.15) is 5.75 Å². The van der Waals surface area contributed by atoms with Crippen molar-refractivity contribution in [1.29, 1.82) is 0 Å². The van der Waals surface area contributed by atoms with E-state index in [0.29, 0.717) is 22.1 Å². The molecule has 2 aromatic carbocycles. The Morgan fingerprint density at radius 3 is 2.71 bits per heavy atom. The first-order valence-corrected chi connectivity index (χ1v) is 6.89. The minimum Gasteiger partial charge on any atom is -0.497 e. The normalized spacial score (nSPS) is 11.8. The lowest BCUT2D eigenvalue weighted by Crippen LogP contribution is -2.19. The third-order valence-corrected chi connectivity index (χ3v) is 3.56. The van der Waals surface area contributed by atoms with Gasteiger partial charge in [-0.25, -0.2) is 0 Å². The molecule has 0 heterocycles. The Hall–Kier alpha value is -2.20. The molecule has 2 aromatic rings. The zero-order valence-corrected chi connectivity index (χ0v) is 12.6. The number of nitrogen functional groups attached to an aromatic ring is 1. The van der Waals surface area contributed by atoms with Crippen molar-refractivity contribution in [2.75, 3.05) is 18.2 Å². The molecular weight excluding hydrogens is 288 g/mol. The molecule has 21 heavy (non-hydrogen) atoms. The predicted octanol–water partition coefficient (Wildman–Crippen LogP) is 3.67. The van der Waals surface area contributed by atoms with Crippen LogP contribution in [0.2, 0.25) is 5.02 Å². The molecule has 0 saturated heterocycles. The molecule has 1 unspecified atom stereocenters. The van der Waals surface area contributed by atoms with Crippen molar-refractivity contribution >= 4 is 28.9 Å². The number of carbonyl (C=O) groups excluding carboxylic acids is 1. The summed E-state index contributed by atoms with van der Waals surface area (Å²) in [7, 11) is 1.56. The van der Waals surface area contributed by atoms with Crippen LogP contribution in [0.4, 0.5) is 11.4 Å². The molecule has 5 heteroatoms. The van der Waals surface area contributed by atoms with E-state index in [0.717, 1.165) is 5.56 Å². The van der Waals surface area contributed by atoms with Crippen LogP contribution in [0.15, 0.2) is 42.5 Å². The lowest BCUT2D eigenvalue weighted by Gasteiger charge is -2.14. The summed E-state index contributed by atoms with van der Waals surface area (Å²) in [6.07, 6.45) is 0. The molecular formula is C16H17ClN2O2. The van der Waals surface area contributed by atoms with Crippen LogP contribution in [-0.2, 0) is 4.79 Å². The summed E-state index contributed by atoms with van der Waals surface area (Å²) in [5.74, 6) is 0.137. The number of nitrogens with two attached hydrogens (primary N) is 1. The zero-order valence-electron chi connectivity index (χ0n) is 11.9. The average Bonchev–Trinajstić information content (AvgIpc) is 2.48. The fraction of sp³-hybridized carbons (Fsp3) is 0.188. The van der Waals surface area contributed by atoms with E-state index in [1.54, 1.807) is 37.4 Å². The van der Waals surface area contributed by atoms with E-state index in [-0.39, 0.29) is 11.8 Å². The van der Waals surface area contributed by atoms with Gasteiger partial charge < -0.3 is 15.8 Å². The first-order chi connectivity index (χ1) is 10.0. The second kappa shape index (κ2) is 6.50. The van der Waals surface area contributed by atoms with Crippen molar-refractivity contribution in [3.05, 3.63) is 53.1 Å². The van der Waals surface area contributed by atoms with Gasteiger partial charge in [-0.1, -0.05) is 23.7 Å². The Kier molecular flexibility index (Phi) is 4.70. The smallest absolute Gasteiger partial charge is 0.231 e. The molecule has 0 fully saturated rings. The van der Waals surface area contributed by atoms with Crippen LogP contribution in [-0.4, -0.2) is 13.0 Å². The topological polar surface area (TPSA) is 64.3 Å². The summed E-state index contributed by atoms with van der Waals surface area (Å²) in [5, 5.41) is 3.27. The maximum Gasteiger partial charge on any atom is 0.231 e. The first-order valence-electron chi connectivity index (χ1n) is 6.51. The third-order valence-electron chi connectivity index (χ3n) is 3.24. The van der Waals surface area contributed by atoms with Crippen molar-refractivity contribution in [3.8, 4) is 5.75 Å². The minimum absolute atomic E-state index is 0.157. The molecule has 1 amide bonds. The minimum atomic E-state index is -0.337. The van der Waals surface area contributed by atoms with Gasteiger partial charge in [-0.15, -0.1) is 0 Å². The largest absolute Gasteiger partial charge is 0.497 e.